The number of rotatable bonds is 3. The van der Waals surface area contributed by atoms with Crippen LogP contribution in [-0.2, 0) is 4.79 Å². The molecule has 1 saturated heterocycles. The molecule has 3 N–H and O–H groups in total. The average molecular weight is 345 g/mol. The first-order valence-electron chi connectivity index (χ1n) is 8.08. The molecule has 4 rings (SSSR count). The molecule has 2 aliphatic rings. The second-order valence-corrected chi connectivity index (χ2v) is 6.99. The number of anilines is 1. The highest BCUT2D eigenvalue weighted by Crippen LogP contribution is 2.28. The van der Waals surface area contributed by atoms with Crippen molar-refractivity contribution in [2.24, 2.45) is 0 Å². The number of amides is 1. The van der Waals surface area contributed by atoms with E-state index in [1.54, 1.807) is 18.1 Å². The zero-order valence-corrected chi connectivity index (χ0v) is 14.0. The van der Waals surface area contributed by atoms with Crippen molar-refractivity contribution in [2.45, 2.75) is 18.9 Å². The minimum Gasteiger partial charge on any atom is -0.348 e. The lowest BCUT2D eigenvalue weighted by Crippen LogP contribution is -2.46. The first-order valence-corrected chi connectivity index (χ1v) is 9.07. The minimum atomic E-state index is -0.00619. The molecule has 9 heteroatoms. The molecular weight excluding hydrogens is 326 g/mol. The summed E-state index contributed by atoms with van der Waals surface area (Å²) in [6.45, 7) is 2.66. The quantitative estimate of drug-likeness (QED) is 0.750. The summed E-state index contributed by atoms with van der Waals surface area (Å²) in [5, 5.41) is 6.44. The fraction of sp³-hybridized carbons (Fsp3) is 0.467. The van der Waals surface area contributed by atoms with Crippen LogP contribution >= 0.6 is 11.8 Å². The van der Waals surface area contributed by atoms with Crippen molar-refractivity contribution in [1.29, 1.82) is 0 Å². The van der Waals surface area contributed by atoms with Gasteiger partial charge in [0.05, 0.1) is 11.2 Å². The number of piperidine rings is 1. The summed E-state index contributed by atoms with van der Waals surface area (Å²) in [7, 11) is 0. The molecule has 0 aliphatic carbocycles. The van der Waals surface area contributed by atoms with Crippen molar-refractivity contribution < 1.29 is 4.79 Å². The number of fused-ring (bicyclic) bond motifs is 1. The summed E-state index contributed by atoms with van der Waals surface area (Å²) < 4.78 is 0. The van der Waals surface area contributed by atoms with Crippen molar-refractivity contribution in [2.75, 3.05) is 30.3 Å². The lowest BCUT2D eigenvalue weighted by atomic mass is 10.1. The molecule has 0 aromatic carbocycles. The summed E-state index contributed by atoms with van der Waals surface area (Å²) in [4.78, 5) is 31.0. The van der Waals surface area contributed by atoms with Gasteiger partial charge in [-0.05, 0) is 19.4 Å². The molecule has 4 heterocycles. The number of hydrogen-bond donors (Lipinski definition) is 3. The van der Waals surface area contributed by atoms with Gasteiger partial charge in [-0.3, -0.25) is 4.79 Å². The van der Waals surface area contributed by atoms with E-state index in [1.807, 2.05) is 11.1 Å². The van der Waals surface area contributed by atoms with Gasteiger partial charge in [-0.25, -0.2) is 15.0 Å². The average Bonchev–Trinajstić information content (AvgIpc) is 3.11. The lowest BCUT2D eigenvalue weighted by molar-refractivity contribution is -0.117. The zero-order valence-electron chi connectivity index (χ0n) is 13.2. The molecule has 2 aromatic rings. The second kappa shape index (κ2) is 6.78. The van der Waals surface area contributed by atoms with Crippen LogP contribution in [0.15, 0.2) is 23.8 Å². The predicted octanol–water partition coefficient (Wildman–Crippen LogP) is 0.616. The number of aromatic amines is 1. The maximum absolute atomic E-state index is 12.5. The fourth-order valence-electron chi connectivity index (χ4n) is 2.99. The molecule has 2 aromatic heterocycles. The lowest BCUT2D eigenvalue weighted by Gasteiger charge is -2.27. The summed E-state index contributed by atoms with van der Waals surface area (Å²) in [6, 6.07) is 0.210. The first kappa shape index (κ1) is 15.4. The van der Waals surface area contributed by atoms with Gasteiger partial charge in [0.15, 0.2) is 11.5 Å². The smallest absolute Gasteiger partial charge is 0.259 e. The second-order valence-electron chi connectivity index (χ2n) is 5.85. The number of nitrogens with zero attached hydrogens (tertiary/aromatic N) is 4. The topological polar surface area (TPSA) is 98.8 Å². The van der Waals surface area contributed by atoms with Gasteiger partial charge < -0.3 is 20.5 Å². The van der Waals surface area contributed by atoms with E-state index in [0.717, 1.165) is 54.5 Å². The maximum atomic E-state index is 12.5. The Morgan fingerprint density at radius 1 is 1.38 bits per heavy atom. The Morgan fingerprint density at radius 2 is 2.33 bits per heavy atom. The fourth-order valence-corrected chi connectivity index (χ4v) is 3.89. The largest absolute Gasteiger partial charge is 0.348 e. The molecule has 24 heavy (non-hydrogen) atoms. The van der Waals surface area contributed by atoms with E-state index >= 15 is 0 Å². The molecule has 8 nitrogen and oxygen atoms in total. The third-order valence-corrected chi connectivity index (χ3v) is 5.18. The van der Waals surface area contributed by atoms with Crippen LogP contribution < -0.4 is 15.5 Å². The number of hydrogen-bond acceptors (Lipinski definition) is 7. The van der Waals surface area contributed by atoms with Crippen LogP contribution in [0.2, 0.25) is 0 Å². The minimum absolute atomic E-state index is 0.00619. The van der Waals surface area contributed by atoms with Crippen molar-refractivity contribution in [3.63, 3.8) is 0 Å². The SMILES string of the molecule is O=C(N[C@H]1CCCNC1)C1=CN(c2ncnc3nc[nH]c23)CCS1. The number of nitrogens with one attached hydrogen (secondary N) is 3. The van der Waals surface area contributed by atoms with Crippen molar-refractivity contribution in [3.8, 4) is 0 Å². The van der Waals surface area contributed by atoms with Crippen LogP contribution in [0, 0.1) is 0 Å². The van der Waals surface area contributed by atoms with Crippen molar-refractivity contribution >= 4 is 34.7 Å². The maximum Gasteiger partial charge on any atom is 0.259 e. The van der Waals surface area contributed by atoms with Crippen LogP contribution in [0.3, 0.4) is 0 Å². The summed E-state index contributed by atoms with van der Waals surface area (Å²) in [5.74, 6) is 1.58. The molecule has 126 valence electrons. The summed E-state index contributed by atoms with van der Waals surface area (Å²) in [5.41, 5.74) is 1.42. The Bertz CT molecular complexity index is 768. The number of imidazole rings is 1. The summed E-state index contributed by atoms with van der Waals surface area (Å²) >= 11 is 1.58. The van der Waals surface area contributed by atoms with E-state index in [2.05, 4.69) is 30.6 Å². The Kier molecular flexibility index (Phi) is 4.35. The standard InChI is InChI=1S/C15H19N7OS/c23-15(21-10-2-1-3-16-6-10)11-7-22(4-5-24-11)14-12-13(18-8-17-12)19-9-20-14/h7-10,16H,1-6H2,(H,21,23)(H,17,18,19,20)/t10-/m0/s1. The van der Waals surface area contributed by atoms with Gasteiger partial charge in [0.25, 0.3) is 5.91 Å². The van der Waals surface area contributed by atoms with Gasteiger partial charge in [0, 0.05) is 31.1 Å². The van der Waals surface area contributed by atoms with Crippen LogP contribution in [0.1, 0.15) is 12.8 Å². The van der Waals surface area contributed by atoms with Crippen molar-refractivity contribution in [3.05, 3.63) is 23.8 Å². The number of H-pyrrole nitrogens is 1. The molecule has 1 atom stereocenters. The van der Waals surface area contributed by atoms with Crippen LogP contribution in [-0.4, -0.2) is 57.3 Å². The Morgan fingerprint density at radius 3 is 3.21 bits per heavy atom. The molecule has 0 saturated carbocycles. The molecule has 1 fully saturated rings. The van der Waals surface area contributed by atoms with Crippen LogP contribution in [0.25, 0.3) is 11.2 Å². The normalized spacial score (nSPS) is 21.6. The molecule has 0 bridgehead atoms. The van der Waals surface area contributed by atoms with Gasteiger partial charge in [0.1, 0.15) is 11.8 Å². The van der Waals surface area contributed by atoms with E-state index in [-0.39, 0.29) is 11.9 Å². The van der Waals surface area contributed by atoms with E-state index in [4.69, 9.17) is 0 Å². The van der Waals surface area contributed by atoms with E-state index in [1.165, 1.54) is 6.33 Å². The highest BCUT2D eigenvalue weighted by molar-refractivity contribution is 8.04. The van der Waals surface area contributed by atoms with Gasteiger partial charge >= 0.3 is 0 Å². The van der Waals surface area contributed by atoms with Crippen LogP contribution in [0.4, 0.5) is 5.82 Å². The number of aromatic nitrogens is 4. The molecule has 0 radical (unpaired) electrons. The molecule has 2 aliphatic heterocycles. The van der Waals surface area contributed by atoms with E-state index in [9.17, 15) is 4.79 Å². The highest BCUT2D eigenvalue weighted by atomic mass is 32.2. The van der Waals surface area contributed by atoms with E-state index in [0.29, 0.717) is 5.65 Å². The third kappa shape index (κ3) is 3.09. The Labute approximate surface area is 143 Å². The van der Waals surface area contributed by atoms with Crippen molar-refractivity contribution in [1.82, 2.24) is 30.6 Å². The molecule has 0 unspecified atom stereocenters. The molecule has 0 spiro atoms. The highest BCUT2D eigenvalue weighted by Gasteiger charge is 2.23. The first-order chi connectivity index (χ1) is 11.8. The monoisotopic (exact) mass is 345 g/mol. The number of carbonyl (C=O) groups excluding carboxylic acids is 1. The van der Waals surface area contributed by atoms with Crippen LogP contribution in [0.5, 0.6) is 0 Å². The third-order valence-electron chi connectivity index (χ3n) is 4.19. The predicted molar refractivity (Wildman–Crippen MR) is 93.6 cm³/mol. The van der Waals surface area contributed by atoms with Gasteiger partial charge in [-0.2, -0.15) is 0 Å². The van der Waals surface area contributed by atoms with Gasteiger partial charge in [-0.1, -0.05) is 0 Å². The van der Waals surface area contributed by atoms with Gasteiger partial charge in [-0.15, -0.1) is 11.8 Å². The van der Waals surface area contributed by atoms with E-state index < -0.39 is 0 Å². The Hall–Kier alpha value is -2.13. The van der Waals surface area contributed by atoms with Gasteiger partial charge in [0.2, 0.25) is 0 Å². The molecular formula is C15H19N7OS. The number of thioether (sulfide) groups is 1. The Balaban J connectivity index is 1.54. The number of carbonyl (C=O) groups is 1. The molecule has 1 amide bonds. The summed E-state index contributed by atoms with van der Waals surface area (Å²) in [6.07, 6.45) is 7.11. The zero-order chi connectivity index (χ0) is 16.4.